The molecule has 1 aliphatic rings. The van der Waals surface area contributed by atoms with E-state index in [0.717, 1.165) is 24.5 Å². The van der Waals surface area contributed by atoms with Crippen molar-refractivity contribution in [3.63, 3.8) is 0 Å². The Morgan fingerprint density at radius 3 is 3.11 bits per heavy atom. The molecular formula is C14H16N2O3. The summed E-state index contributed by atoms with van der Waals surface area (Å²) in [5.74, 6) is -0.0890. The molecule has 0 bridgehead atoms. The molecule has 0 amide bonds. The summed E-state index contributed by atoms with van der Waals surface area (Å²) in [4.78, 5) is 15.0. The summed E-state index contributed by atoms with van der Waals surface area (Å²) in [5.41, 5.74) is 1.84. The van der Waals surface area contributed by atoms with Gasteiger partial charge in [0.15, 0.2) is 5.69 Å². The van der Waals surface area contributed by atoms with Gasteiger partial charge in [0.25, 0.3) is 0 Å². The third-order valence-corrected chi connectivity index (χ3v) is 3.43. The number of ether oxygens (including phenoxy) is 1. The fourth-order valence-corrected chi connectivity index (χ4v) is 2.12. The van der Waals surface area contributed by atoms with E-state index in [1.54, 1.807) is 10.6 Å². The Morgan fingerprint density at radius 2 is 2.37 bits per heavy atom. The predicted octanol–water partition coefficient (Wildman–Crippen LogP) is 2.35. The second-order valence-corrected chi connectivity index (χ2v) is 5.00. The average molecular weight is 260 g/mol. The van der Waals surface area contributed by atoms with Crippen LogP contribution in [0.4, 0.5) is 0 Å². The molecule has 0 atom stereocenters. The van der Waals surface area contributed by atoms with E-state index in [2.05, 4.69) is 4.98 Å². The summed E-state index contributed by atoms with van der Waals surface area (Å²) in [6.07, 6.45) is 6.94. The Bertz CT molecular complexity index is 602. The van der Waals surface area contributed by atoms with Gasteiger partial charge in [-0.15, -0.1) is 0 Å². The van der Waals surface area contributed by atoms with Crippen LogP contribution in [-0.2, 0) is 11.3 Å². The molecule has 0 spiro atoms. The Balaban J connectivity index is 1.65. The lowest BCUT2D eigenvalue weighted by Crippen LogP contribution is -2.02. The molecule has 5 nitrogen and oxygen atoms in total. The van der Waals surface area contributed by atoms with E-state index in [1.807, 2.05) is 12.1 Å². The zero-order chi connectivity index (χ0) is 13.2. The Kier molecular flexibility index (Phi) is 3.21. The minimum Gasteiger partial charge on any atom is -0.477 e. The van der Waals surface area contributed by atoms with Crippen LogP contribution in [0.15, 0.2) is 24.5 Å². The SMILES string of the molecule is O=C(O)c1cnc2cc(COCCC3CC3)ccn12. The molecule has 5 heteroatoms. The number of nitrogens with zero attached hydrogens (tertiary/aromatic N) is 2. The van der Waals surface area contributed by atoms with Crippen molar-refractivity contribution < 1.29 is 14.6 Å². The second-order valence-electron chi connectivity index (χ2n) is 5.00. The van der Waals surface area contributed by atoms with E-state index in [4.69, 9.17) is 9.84 Å². The fraction of sp³-hybridized carbons (Fsp3) is 0.429. The minimum atomic E-state index is -0.971. The van der Waals surface area contributed by atoms with Gasteiger partial charge in [0.1, 0.15) is 5.65 Å². The highest BCUT2D eigenvalue weighted by atomic mass is 16.5. The standard InChI is InChI=1S/C14H16N2O3/c17-14(18)12-8-15-13-7-11(3-5-16(12)13)9-19-6-4-10-1-2-10/h3,5,7-8,10H,1-2,4,6,9H2,(H,17,18). The Morgan fingerprint density at radius 1 is 1.53 bits per heavy atom. The highest BCUT2D eigenvalue weighted by molar-refractivity contribution is 5.86. The van der Waals surface area contributed by atoms with Crippen molar-refractivity contribution in [1.82, 2.24) is 9.38 Å². The summed E-state index contributed by atoms with van der Waals surface area (Å²) in [6, 6.07) is 3.74. The third kappa shape index (κ3) is 2.76. The van der Waals surface area contributed by atoms with Crippen LogP contribution in [0.2, 0.25) is 0 Å². The van der Waals surface area contributed by atoms with E-state index < -0.39 is 5.97 Å². The predicted molar refractivity (Wildman–Crippen MR) is 69.1 cm³/mol. The summed E-state index contributed by atoms with van der Waals surface area (Å²) in [7, 11) is 0. The smallest absolute Gasteiger partial charge is 0.354 e. The van der Waals surface area contributed by atoms with Crippen LogP contribution in [0.3, 0.4) is 0 Å². The van der Waals surface area contributed by atoms with Crippen molar-refractivity contribution in [1.29, 1.82) is 0 Å². The lowest BCUT2D eigenvalue weighted by Gasteiger charge is -2.04. The van der Waals surface area contributed by atoms with E-state index in [-0.39, 0.29) is 5.69 Å². The van der Waals surface area contributed by atoms with Crippen LogP contribution in [0.25, 0.3) is 5.65 Å². The first-order valence-electron chi connectivity index (χ1n) is 6.51. The summed E-state index contributed by atoms with van der Waals surface area (Å²) >= 11 is 0. The van der Waals surface area contributed by atoms with Gasteiger partial charge in [0.2, 0.25) is 0 Å². The van der Waals surface area contributed by atoms with E-state index in [0.29, 0.717) is 12.3 Å². The number of aromatic nitrogens is 2. The van der Waals surface area contributed by atoms with Gasteiger partial charge in [-0.05, 0) is 30.0 Å². The first kappa shape index (κ1) is 12.2. The van der Waals surface area contributed by atoms with Gasteiger partial charge in [-0.1, -0.05) is 12.8 Å². The number of hydrogen-bond acceptors (Lipinski definition) is 3. The largest absolute Gasteiger partial charge is 0.477 e. The fourth-order valence-electron chi connectivity index (χ4n) is 2.12. The number of pyridine rings is 1. The van der Waals surface area contributed by atoms with E-state index >= 15 is 0 Å². The van der Waals surface area contributed by atoms with Gasteiger partial charge >= 0.3 is 5.97 Å². The van der Waals surface area contributed by atoms with Crippen LogP contribution in [0.1, 0.15) is 35.3 Å². The van der Waals surface area contributed by atoms with Crippen molar-refractivity contribution in [3.05, 3.63) is 35.8 Å². The molecule has 0 unspecified atom stereocenters. The van der Waals surface area contributed by atoms with Crippen LogP contribution in [0.5, 0.6) is 0 Å². The Labute approximate surface area is 110 Å². The maximum atomic E-state index is 11.0. The molecule has 100 valence electrons. The molecule has 2 aromatic heterocycles. The normalized spacial score (nSPS) is 14.9. The molecule has 0 aliphatic heterocycles. The van der Waals surface area contributed by atoms with Crippen molar-refractivity contribution >= 4 is 11.6 Å². The lowest BCUT2D eigenvalue weighted by atomic mass is 10.3. The molecule has 0 aromatic carbocycles. The van der Waals surface area contributed by atoms with Crippen LogP contribution in [0, 0.1) is 5.92 Å². The highest BCUT2D eigenvalue weighted by Gasteiger charge is 2.20. The Hall–Kier alpha value is -1.88. The van der Waals surface area contributed by atoms with Gasteiger partial charge in [-0.2, -0.15) is 0 Å². The van der Waals surface area contributed by atoms with Crippen molar-refractivity contribution in [2.75, 3.05) is 6.61 Å². The monoisotopic (exact) mass is 260 g/mol. The summed E-state index contributed by atoms with van der Waals surface area (Å²) in [6.45, 7) is 1.35. The maximum Gasteiger partial charge on any atom is 0.354 e. The van der Waals surface area contributed by atoms with Crippen molar-refractivity contribution in [3.8, 4) is 0 Å². The number of carboxylic acids is 1. The molecule has 1 aliphatic carbocycles. The molecule has 0 saturated heterocycles. The first-order chi connectivity index (χ1) is 9.24. The topological polar surface area (TPSA) is 63.8 Å². The zero-order valence-corrected chi connectivity index (χ0v) is 10.6. The minimum absolute atomic E-state index is 0.177. The molecule has 1 saturated carbocycles. The van der Waals surface area contributed by atoms with Gasteiger partial charge in [0, 0.05) is 12.8 Å². The number of hydrogen-bond donors (Lipinski definition) is 1. The molecule has 2 aromatic rings. The van der Waals surface area contributed by atoms with Crippen LogP contribution >= 0.6 is 0 Å². The molecule has 1 fully saturated rings. The van der Waals surface area contributed by atoms with E-state index in [9.17, 15) is 4.79 Å². The van der Waals surface area contributed by atoms with Crippen LogP contribution < -0.4 is 0 Å². The molecule has 2 heterocycles. The van der Waals surface area contributed by atoms with Gasteiger partial charge in [0.05, 0.1) is 12.8 Å². The van der Waals surface area contributed by atoms with Crippen molar-refractivity contribution in [2.45, 2.75) is 25.9 Å². The average Bonchev–Trinajstić information content (AvgIpc) is 3.12. The number of imidazole rings is 1. The van der Waals surface area contributed by atoms with Gasteiger partial charge in [-0.3, -0.25) is 4.40 Å². The quantitative estimate of drug-likeness (QED) is 0.810. The summed E-state index contributed by atoms with van der Waals surface area (Å²) < 4.78 is 7.19. The molecule has 3 rings (SSSR count). The number of rotatable bonds is 6. The summed E-state index contributed by atoms with van der Waals surface area (Å²) in [5, 5.41) is 8.99. The molecule has 0 radical (unpaired) electrons. The van der Waals surface area contributed by atoms with Crippen molar-refractivity contribution in [2.24, 2.45) is 5.92 Å². The lowest BCUT2D eigenvalue weighted by molar-refractivity contribution is 0.0689. The van der Waals surface area contributed by atoms with Gasteiger partial charge < -0.3 is 9.84 Å². The number of carboxylic acid groups (broad SMARTS) is 1. The molecule has 19 heavy (non-hydrogen) atoms. The zero-order valence-electron chi connectivity index (χ0n) is 10.6. The molecular weight excluding hydrogens is 244 g/mol. The number of aromatic carboxylic acids is 1. The number of fused-ring (bicyclic) bond motifs is 1. The highest BCUT2D eigenvalue weighted by Crippen LogP contribution is 2.32. The first-order valence-corrected chi connectivity index (χ1v) is 6.51. The molecule has 1 N–H and O–H groups in total. The van der Waals surface area contributed by atoms with Crippen LogP contribution in [-0.4, -0.2) is 27.1 Å². The van der Waals surface area contributed by atoms with E-state index in [1.165, 1.54) is 19.0 Å². The van der Waals surface area contributed by atoms with Gasteiger partial charge in [-0.25, -0.2) is 9.78 Å². The number of carbonyl (C=O) groups is 1. The second kappa shape index (κ2) is 5.01. The maximum absolute atomic E-state index is 11.0. The third-order valence-electron chi connectivity index (χ3n) is 3.43.